The van der Waals surface area contributed by atoms with Crippen LogP contribution in [0.3, 0.4) is 0 Å². The van der Waals surface area contributed by atoms with Gasteiger partial charge >= 0.3 is 0 Å². The summed E-state index contributed by atoms with van der Waals surface area (Å²) in [5, 5.41) is 0.296. The van der Waals surface area contributed by atoms with Crippen LogP contribution in [0.4, 0.5) is 8.78 Å². The van der Waals surface area contributed by atoms with E-state index in [1.807, 2.05) is 0 Å². The molecule has 1 fully saturated rings. The highest BCUT2D eigenvalue weighted by Crippen LogP contribution is 2.47. The fourth-order valence-corrected chi connectivity index (χ4v) is 3.17. The molecule has 2 heterocycles. The highest BCUT2D eigenvalue weighted by molar-refractivity contribution is 6.29. The Morgan fingerprint density at radius 3 is 2.70 bits per heavy atom. The normalized spacial score (nSPS) is 23.2. The van der Waals surface area contributed by atoms with Crippen molar-refractivity contribution >= 4 is 11.6 Å². The van der Waals surface area contributed by atoms with Crippen molar-refractivity contribution in [3.05, 3.63) is 51.4 Å². The summed E-state index contributed by atoms with van der Waals surface area (Å²) in [5.74, 6) is -3.58. The lowest BCUT2D eigenvalue weighted by atomic mass is 10.0. The van der Waals surface area contributed by atoms with E-state index in [2.05, 4.69) is 9.97 Å². The minimum Gasteiger partial charge on any atom is -0.269 e. The predicted molar refractivity (Wildman–Crippen MR) is 83.5 cm³/mol. The van der Waals surface area contributed by atoms with Crippen molar-refractivity contribution < 1.29 is 8.78 Å². The SMILES string of the molecule is Cc1cc(=O)n(-c2ccc(Cl)nc2)c(C2CC(C)C(F)(F)C2)n1. The Bertz CT molecular complexity index is 789. The molecule has 0 amide bonds. The van der Waals surface area contributed by atoms with Crippen molar-refractivity contribution in [1.29, 1.82) is 0 Å². The lowest BCUT2D eigenvalue weighted by molar-refractivity contribution is -0.0309. The Kier molecular flexibility index (Phi) is 3.96. The average molecular weight is 340 g/mol. The maximum absolute atomic E-state index is 13.9. The first-order chi connectivity index (χ1) is 10.8. The van der Waals surface area contributed by atoms with Crippen molar-refractivity contribution in [2.75, 3.05) is 0 Å². The van der Waals surface area contributed by atoms with Crippen molar-refractivity contribution in [3.8, 4) is 5.69 Å². The van der Waals surface area contributed by atoms with Gasteiger partial charge < -0.3 is 0 Å². The summed E-state index contributed by atoms with van der Waals surface area (Å²) in [6, 6.07) is 4.57. The van der Waals surface area contributed by atoms with E-state index >= 15 is 0 Å². The molecule has 2 unspecified atom stereocenters. The molecule has 0 aliphatic heterocycles. The van der Waals surface area contributed by atoms with Crippen LogP contribution in [0.1, 0.15) is 37.2 Å². The number of aryl methyl sites for hydroxylation is 1. The number of hydrogen-bond acceptors (Lipinski definition) is 3. The second-order valence-corrected chi connectivity index (χ2v) is 6.45. The van der Waals surface area contributed by atoms with Crippen LogP contribution in [-0.2, 0) is 0 Å². The summed E-state index contributed by atoms with van der Waals surface area (Å²) in [5.41, 5.74) is 0.690. The summed E-state index contributed by atoms with van der Waals surface area (Å²) in [6.45, 7) is 3.22. The first-order valence-electron chi connectivity index (χ1n) is 7.38. The van der Waals surface area contributed by atoms with E-state index in [1.54, 1.807) is 19.1 Å². The molecule has 1 aliphatic carbocycles. The molecule has 23 heavy (non-hydrogen) atoms. The largest absolute Gasteiger partial charge is 0.269 e. The third-order valence-electron chi connectivity index (χ3n) is 4.29. The first-order valence-corrected chi connectivity index (χ1v) is 7.76. The Morgan fingerprint density at radius 2 is 2.13 bits per heavy atom. The van der Waals surface area contributed by atoms with E-state index in [-0.39, 0.29) is 12.0 Å². The van der Waals surface area contributed by atoms with Crippen LogP contribution in [0.2, 0.25) is 5.15 Å². The molecule has 4 nitrogen and oxygen atoms in total. The molecule has 0 saturated heterocycles. The molecule has 0 aromatic carbocycles. The van der Waals surface area contributed by atoms with Gasteiger partial charge in [0.2, 0.25) is 0 Å². The topological polar surface area (TPSA) is 47.8 Å². The van der Waals surface area contributed by atoms with Crippen LogP contribution < -0.4 is 5.56 Å². The predicted octanol–water partition coefficient (Wildman–Crippen LogP) is 3.74. The van der Waals surface area contributed by atoms with Gasteiger partial charge in [-0.05, 0) is 25.5 Å². The minimum atomic E-state index is -2.74. The van der Waals surface area contributed by atoms with Gasteiger partial charge in [0.05, 0.1) is 11.9 Å². The van der Waals surface area contributed by atoms with Gasteiger partial charge in [0.15, 0.2) is 0 Å². The van der Waals surface area contributed by atoms with Gasteiger partial charge in [-0.15, -0.1) is 0 Å². The van der Waals surface area contributed by atoms with Gasteiger partial charge in [0, 0.05) is 30.0 Å². The van der Waals surface area contributed by atoms with Crippen LogP contribution in [0.5, 0.6) is 0 Å². The molecule has 7 heteroatoms. The molecule has 1 aliphatic rings. The standard InChI is InChI=1S/C16H16ClF2N3O/c1-9-5-11(7-16(9,18)19)15-21-10(2)6-14(23)22(15)12-3-4-13(17)20-8-12/h3-4,6,8-9,11H,5,7H2,1-2H3. The van der Waals surface area contributed by atoms with Crippen molar-refractivity contribution in [3.63, 3.8) is 0 Å². The van der Waals surface area contributed by atoms with E-state index in [9.17, 15) is 13.6 Å². The molecule has 2 aromatic rings. The maximum Gasteiger partial charge on any atom is 0.258 e. The van der Waals surface area contributed by atoms with Gasteiger partial charge in [-0.1, -0.05) is 18.5 Å². The zero-order valence-corrected chi connectivity index (χ0v) is 13.5. The van der Waals surface area contributed by atoms with E-state index < -0.39 is 17.8 Å². The second-order valence-electron chi connectivity index (χ2n) is 6.07. The Morgan fingerprint density at radius 1 is 1.39 bits per heavy atom. The number of rotatable bonds is 2. The van der Waals surface area contributed by atoms with Gasteiger partial charge in [-0.25, -0.2) is 18.7 Å². The van der Waals surface area contributed by atoms with Gasteiger partial charge in [0.1, 0.15) is 11.0 Å². The molecule has 0 spiro atoms. The third-order valence-corrected chi connectivity index (χ3v) is 4.51. The van der Waals surface area contributed by atoms with Gasteiger partial charge in [0.25, 0.3) is 11.5 Å². The van der Waals surface area contributed by atoms with Gasteiger partial charge in [-0.2, -0.15) is 0 Å². The molecule has 1 saturated carbocycles. The summed E-state index contributed by atoms with van der Waals surface area (Å²) >= 11 is 5.77. The Hall–Kier alpha value is -1.82. The average Bonchev–Trinajstić information content (AvgIpc) is 2.73. The lowest BCUT2D eigenvalue weighted by Crippen LogP contribution is -2.25. The van der Waals surface area contributed by atoms with Crippen LogP contribution in [-0.4, -0.2) is 20.5 Å². The Labute approximate surface area is 137 Å². The molecular formula is C16H16ClF2N3O. The molecule has 2 atom stereocenters. The molecule has 3 rings (SSSR count). The lowest BCUT2D eigenvalue weighted by Gasteiger charge is -2.17. The number of alkyl halides is 2. The summed E-state index contributed by atoms with van der Waals surface area (Å²) in [7, 11) is 0. The van der Waals surface area contributed by atoms with Crippen LogP contribution in [0.15, 0.2) is 29.2 Å². The summed E-state index contributed by atoms with van der Waals surface area (Å²) in [6.07, 6.45) is 1.44. The highest BCUT2D eigenvalue weighted by Gasteiger charge is 2.47. The monoisotopic (exact) mass is 339 g/mol. The highest BCUT2D eigenvalue weighted by atomic mass is 35.5. The summed E-state index contributed by atoms with van der Waals surface area (Å²) in [4.78, 5) is 20.8. The van der Waals surface area contributed by atoms with Crippen LogP contribution in [0.25, 0.3) is 5.69 Å². The molecule has 0 radical (unpaired) electrons. The number of nitrogens with zero attached hydrogens (tertiary/aromatic N) is 3. The quantitative estimate of drug-likeness (QED) is 0.783. The Balaban J connectivity index is 2.13. The molecule has 0 bridgehead atoms. The maximum atomic E-state index is 13.9. The van der Waals surface area contributed by atoms with Crippen LogP contribution >= 0.6 is 11.6 Å². The number of pyridine rings is 1. The van der Waals surface area contributed by atoms with Crippen molar-refractivity contribution in [2.24, 2.45) is 5.92 Å². The van der Waals surface area contributed by atoms with Crippen LogP contribution in [0, 0.1) is 12.8 Å². The van der Waals surface area contributed by atoms with Gasteiger partial charge in [-0.3, -0.25) is 9.36 Å². The second kappa shape index (κ2) is 5.67. The fourth-order valence-electron chi connectivity index (χ4n) is 3.06. The minimum absolute atomic E-state index is 0.296. The van der Waals surface area contributed by atoms with E-state index in [1.165, 1.54) is 23.8 Å². The molecule has 0 N–H and O–H groups in total. The summed E-state index contributed by atoms with van der Waals surface area (Å²) < 4.78 is 29.2. The zero-order valence-electron chi connectivity index (χ0n) is 12.8. The smallest absolute Gasteiger partial charge is 0.258 e. The van der Waals surface area contributed by atoms with E-state index in [4.69, 9.17) is 11.6 Å². The third kappa shape index (κ3) is 3.00. The molecule has 2 aromatic heterocycles. The van der Waals surface area contributed by atoms with E-state index in [0.29, 0.717) is 28.8 Å². The molecular weight excluding hydrogens is 324 g/mol. The molecule has 122 valence electrons. The fraction of sp³-hybridized carbons (Fsp3) is 0.438. The number of aromatic nitrogens is 3. The number of hydrogen-bond donors (Lipinski definition) is 0. The van der Waals surface area contributed by atoms with Crippen molar-refractivity contribution in [2.45, 2.75) is 38.5 Å². The van der Waals surface area contributed by atoms with E-state index in [0.717, 1.165) is 0 Å². The zero-order chi connectivity index (χ0) is 16.8. The first kappa shape index (κ1) is 16.1. The van der Waals surface area contributed by atoms with Crippen molar-refractivity contribution in [1.82, 2.24) is 14.5 Å². The number of halogens is 3.